The molecular weight excluding hydrogens is 304 g/mol. The van der Waals surface area contributed by atoms with Crippen LogP contribution >= 0.6 is 0 Å². The molecule has 1 amide bonds. The summed E-state index contributed by atoms with van der Waals surface area (Å²) in [6, 6.07) is 19.0. The van der Waals surface area contributed by atoms with E-state index in [0.29, 0.717) is 24.4 Å². The fourth-order valence-corrected chi connectivity index (χ4v) is 2.34. The molecule has 0 aliphatic heterocycles. The van der Waals surface area contributed by atoms with E-state index in [9.17, 15) is 4.79 Å². The van der Waals surface area contributed by atoms with Crippen molar-refractivity contribution in [1.82, 2.24) is 10.5 Å². The van der Waals surface area contributed by atoms with Gasteiger partial charge in [0, 0.05) is 11.6 Å². The van der Waals surface area contributed by atoms with E-state index < -0.39 is 0 Å². The smallest absolute Gasteiger partial charge is 0.224 e. The highest BCUT2D eigenvalue weighted by atomic mass is 16.5. The molecule has 0 fully saturated rings. The monoisotopic (exact) mass is 322 g/mol. The minimum Gasteiger partial charge on any atom is -0.497 e. The highest BCUT2D eigenvalue weighted by Crippen LogP contribution is 2.24. The Hall–Kier alpha value is -3.08. The molecule has 0 radical (unpaired) electrons. The first kappa shape index (κ1) is 15.8. The Morgan fingerprint density at radius 1 is 1.12 bits per heavy atom. The van der Waals surface area contributed by atoms with E-state index in [1.807, 2.05) is 60.7 Å². The molecular formula is C19H18N2O3. The summed E-state index contributed by atoms with van der Waals surface area (Å²) in [6.45, 7) is 0.332. The minimum absolute atomic E-state index is 0.0490. The number of ether oxygens (including phenoxy) is 1. The molecule has 3 aromatic rings. The van der Waals surface area contributed by atoms with Crippen LogP contribution in [0, 0.1) is 0 Å². The molecule has 1 heterocycles. The molecule has 2 aromatic carbocycles. The van der Waals surface area contributed by atoms with E-state index >= 15 is 0 Å². The Kier molecular flexibility index (Phi) is 4.91. The summed E-state index contributed by atoms with van der Waals surface area (Å²) in [5.41, 5.74) is 2.53. The summed E-state index contributed by atoms with van der Waals surface area (Å²) in [7, 11) is 1.62. The van der Waals surface area contributed by atoms with E-state index in [4.69, 9.17) is 9.26 Å². The van der Waals surface area contributed by atoms with Crippen molar-refractivity contribution in [2.45, 2.75) is 13.0 Å². The summed E-state index contributed by atoms with van der Waals surface area (Å²) in [5.74, 6) is 1.34. The number of nitrogens with zero attached hydrogens (tertiary/aromatic N) is 1. The number of methoxy groups -OCH3 is 1. The number of aromatic nitrogens is 1. The normalized spacial score (nSPS) is 10.4. The molecule has 0 aliphatic carbocycles. The summed E-state index contributed by atoms with van der Waals surface area (Å²) in [6.07, 6.45) is 0.349. The van der Waals surface area contributed by atoms with Crippen molar-refractivity contribution < 1.29 is 14.1 Å². The summed E-state index contributed by atoms with van der Waals surface area (Å²) < 4.78 is 10.5. The van der Waals surface area contributed by atoms with E-state index in [0.717, 1.165) is 16.9 Å². The molecule has 0 atom stereocenters. The van der Waals surface area contributed by atoms with Crippen LogP contribution in [0.15, 0.2) is 65.2 Å². The van der Waals surface area contributed by atoms with Gasteiger partial charge in [0.05, 0.1) is 20.1 Å². The van der Waals surface area contributed by atoms with Gasteiger partial charge in [-0.2, -0.15) is 0 Å². The highest BCUT2D eigenvalue weighted by Gasteiger charge is 2.09. The van der Waals surface area contributed by atoms with Crippen molar-refractivity contribution >= 4 is 5.91 Å². The lowest BCUT2D eigenvalue weighted by Gasteiger charge is -2.02. The zero-order chi connectivity index (χ0) is 16.8. The molecule has 1 aromatic heterocycles. The average molecular weight is 322 g/mol. The third kappa shape index (κ3) is 4.01. The first-order valence-electron chi connectivity index (χ1n) is 7.65. The molecule has 0 saturated carbocycles. The molecule has 0 aliphatic rings. The number of carbonyl (C=O) groups excluding carboxylic acids is 1. The summed E-state index contributed by atoms with van der Waals surface area (Å²) >= 11 is 0. The molecule has 1 N–H and O–H groups in total. The third-order valence-corrected chi connectivity index (χ3v) is 3.59. The predicted octanol–water partition coefficient (Wildman–Crippen LogP) is 3.21. The Morgan fingerprint density at radius 2 is 1.96 bits per heavy atom. The number of hydrogen-bond donors (Lipinski definition) is 1. The SMILES string of the molecule is COc1cccc(-c2cc(CNC(=O)Cc3ccccc3)no2)c1. The second kappa shape index (κ2) is 7.46. The average Bonchev–Trinajstić information content (AvgIpc) is 3.10. The second-order valence-corrected chi connectivity index (χ2v) is 5.35. The van der Waals surface area contributed by atoms with Gasteiger partial charge in [0.1, 0.15) is 11.4 Å². The summed E-state index contributed by atoms with van der Waals surface area (Å²) in [4.78, 5) is 12.0. The van der Waals surface area contributed by atoms with Crippen LogP contribution in [0.5, 0.6) is 5.75 Å². The molecule has 0 saturated heterocycles. The van der Waals surface area contributed by atoms with Gasteiger partial charge in [0.2, 0.25) is 5.91 Å². The van der Waals surface area contributed by atoms with Gasteiger partial charge in [-0.3, -0.25) is 4.79 Å². The van der Waals surface area contributed by atoms with Crippen molar-refractivity contribution in [2.24, 2.45) is 0 Å². The number of benzene rings is 2. The van der Waals surface area contributed by atoms with Crippen LogP contribution in [-0.4, -0.2) is 18.2 Å². The zero-order valence-electron chi connectivity index (χ0n) is 13.4. The van der Waals surface area contributed by atoms with Gasteiger partial charge in [0.25, 0.3) is 0 Å². The third-order valence-electron chi connectivity index (χ3n) is 3.59. The van der Waals surface area contributed by atoms with Crippen LogP contribution in [0.1, 0.15) is 11.3 Å². The molecule has 5 nitrogen and oxygen atoms in total. The lowest BCUT2D eigenvalue weighted by molar-refractivity contribution is -0.120. The van der Waals surface area contributed by atoms with Gasteiger partial charge in [0.15, 0.2) is 5.76 Å². The van der Waals surface area contributed by atoms with Crippen LogP contribution in [0.4, 0.5) is 0 Å². The molecule has 24 heavy (non-hydrogen) atoms. The van der Waals surface area contributed by atoms with E-state index in [1.54, 1.807) is 7.11 Å². The number of rotatable bonds is 6. The first-order valence-corrected chi connectivity index (χ1v) is 7.65. The number of amides is 1. The molecule has 0 spiro atoms. The molecule has 3 rings (SSSR count). The Balaban J connectivity index is 1.59. The highest BCUT2D eigenvalue weighted by molar-refractivity contribution is 5.78. The Labute approximate surface area is 140 Å². The zero-order valence-corrected chi connectivity index (χ0v) is 13.4. The second-order valence-electron chi connectivity index (χ2n) is 5.35. The predicted molar refractivity (Wildman–Crippen MR) is 90.5 cm³/mol. The van der Waals surface area contributed by atoms with E-state index in [2.05, 4.69) is 10.5 Å². The van der Waals surface area contributed by atoms with Gasteiger partial charge >= 0.3 is 0 Å². The van der Waals surface area contributed by atoms with E-state index in [-0.39, 0.29) is 5.91 Å². The Morgan fingerprint density at radius 3 is 2.75 bits per heavy atom. The lowest BCUT2D eigenvalue weighted by atomic mass is 10.1. The standard InChI is InChI=1S/C19H18N2O3/c1-23-17-9-5-8-15(11-17)18-12-16(21-24-18)13-20-19(22)10-14-6-3-2-4-7-14/h2-9,11-12H,10,13H2,1H3,(H,20,22). The van der Waals surface area contributed by atoms with Gasteiger partial charge in [-0.05, 0) is 17.7 Å². The maximum Gasteiger partial charge on any atom is 0.224 e. The number of hydrogen-bond acceptors (Lipinski definition) is 4. The maximum absolute atomic E-state index is 12.0. The Bertz CT molecular complexity index is 812. The van der Waals surface area contributed by atoms with Gasteiger partial charge in [-0.15, -0.1) is 0 Å². The first-order chi connectivity index (χ1) is 11.7. The molecule has 122 valence electrons. The van der Waals surface area contributed by atoms with Crippen molar-refractivity contribution in [2.75, 3.05) is 7.11 Å². The fourth-order valence-electron chi connectivity index (χ4n) is 2.34. The molecule has 5 heteroatoms. The topological polar surface area (TPSA) is 64.4 Å². The van der Waals surface area contributed by atoms with Crippen LogP contribution < -0.4 is 10.1 Å². The van der Waals surface area contributed by atoms with Crippen molar-refractivity contribution in [3.05, 3.63) is 71.9 Å². The number of nitrogens with one attached hydrogen (secondary N) is 1. The quantitative estimate of drug-likeness (QED) is 0.757. The van der Waals surface area contributed by atoms with E-state index in [1.165, 1.54) is 0 Å². The van der Waals surface area contributed by atoms with Crippen LogP contribution in [0.25, 0.3) is 11.3 Å². The van der Waals surface area contributed by atoms with Crippen LogP contribution in [-0.2, 0) is 17.8 Å². The van der Waals surface area contributed by atoms with Crippen LogP contribution in [0.3, 0.4) is 0 Å². The lowest BCUT2D eigenvalue weighted by Crippen LogP contribution is -2.24. The van der Waals surface area contributed by atoms with Crippen molar-refractivity contribution in [3.8, 4) is 17.1 Å². The van der Waals surface area contributed by atoms with Gasteiger partial charge < -0.3 is 14.6 Å². The minimum atomic E-state index is -0.0490. The van der Waals surface area contributed by atoms with Crippen LogP contribution in [0.2, 0.25) is 0 Å². The molecule has 0 bridgehead atoms. The fraction of sp³-hybridized carbons (Fsp3) is 0.158. The summed E-state index contributed by atoms with van der Waals surface area (Å²) in [5, 5.41) is 6.85. The van der Waals surface area contributed by atoms with Crippen molar-refractivity contribution in [1.29, 1.82) is 0 Å². The van der Waals surface area contributed by atoms with Crippen molar-refractivity contribution in [3.63, 3.8) is 0 Å². The maximum atomic E-state index is 12.0. The van der Waals surface area contributed by atoms with Gasteiger partial charge in [-0.1, -0.05) is 47.6 Å². The number of carbonyl (C=O) groups is 1. The molecule has 0 unspecified atom stereocenters. The largest absolute Gasteiger partial charge is 0.497 e. The van der Waals surface area contributed by atoms with Gasteiger partial charge in [-0.25, -0.2) is 0 Å².